The number of H-pyrrole nitrogens is 1. The van der Waals surface area contributed by atoms with Crippen LogP contribution in [0.1, 0.15) is 35.3 Å². The number of nitrogens with zero attached hydrogens (tertiary/aromatic N) is 2. The Morgan fingerprint density at radius 1 is 1.20 bits per heavy atom. The van der Waals surface area contributed by atoms with E-state index in [2.05, 4.69) is 39.9 Å². The van der Waals surface area contributed by atoms with Crippen molar-refractivity contribution >= 4 is 16.8 Å². The number of carbonyl (C=O) groups is 1. The molecule has 1 unspecified atom stereocenters. The summed E-state index contributed by atoms with van der Waals surface area (Å²) in [7, 11) is 0. The predicted molar refractivity (Wildman–Crippen MR) is 99.0 cm³/mol. The Bertz CT molecular complexity index is 748. The van der Waals surface area contributed by atoms with Crippen LogP contribution in [0.3, 0.4) is 0 Å². The Morgan fingerprint density at radius 3 is 2.88 bits per heavy atom. The third kappa shape index (κ3) is 3.58. The number of aryl methyl sites for hydroxylation is 1. The molecule has 134 valence electrons. The van der Waals surface area contributed by atoms with Crippen molar-refractivity contribution in [3.63, 3.8) is 0 Å². The van der Waals surface area contributed by atoms with Gasteiger partial charge in [-0.15, -0.1) is 0 Å². The van der Waals surface area contributed by atoms with Gasteiger partial charge in [0, 0.05) is 43.1 Å². The van der Waals surface area contributed by atoms with Gasteiger partial charge in [0.05, 0.1) is 13.2 Å². The Balaban J connectivity index is 1.52. The molecule has 0 aliphatic carbocycles. The summed E-state index contributed by atoms with van der Waals surface area (Å²) < 4.78 is 5.45. The number of ether oxygens (including phenoxy) is 1. The van der Waals surface area contributed by atoms with Gasteiger partial charge in [0.15, 0.2) is 0 Å². The summed E-state index contributed by atoms with van der Waals surface area (Å²) in [4.78, 5) is 21.0. The fraction of sp³-hybridized carbons (Fsp3) is 0.550. The van der Waals surface area contributed by atoms with Crippen molar-refractivity contribution in [3.8, 4) is 0 Å². The van der Waals surface area contributed by atoms with Crippen LogP contribution in [-0.4, -0.2) is 66.1 Å². The van der Waals surface area contributed by atoms with Crippen LogP contribution >= 0.6 is 0 Å². The number of rotatable bonds is 3. The lowest BCUT2D eigenvalue weighted by atomic mass is 10.0. The van der Waals surface area contributed by atoms with E-state index in [-0.39, 0.29) is 5.91 Å². The number of nitrogens with one attached hydrogen (secondary N) is 1. The number of aromatic nitrogens is 1. The molecule has 1 N–H and O–H groups in total. The second kappa shape index (κ2) is 7.18. The van der Waals surface area contributed by atoms with Gasteiger partial charge in [-0.25, -0.2) is 0 Å². The predicted octanol–water partition coefficient (Wildman–Crippen LogP) is 2.80. The Morgan fingerprint density at radius 2 is 2.04 bits per heavy atom. The van der Waals surface area contributed by atoms with Crippen LogP contribution in [0.5, 0.6) is 0 Å². The highest BCUT2D eigenvalue weighted by Gasteiger charge is 2.30. The molecule has 1 amide bonds. The number of carbonyl (C=O) groups excluding carboxylic acids is 1. The monoisotopic (exact) mass is 341 g/mol. The Kier molecular flexibility index (Phi) is 4.77. The average molecular weight is 341 g/mol. The third-order valence-corrected chi connectivity index (χ3v) is 5.47. The van der Waals surface area contributed by atoms with Crippen LogP contribution in [0.2, 0.25) is 0 Å². The van der Waals surface area contributed by atoms with Gasteiger partial charge < -0.3 is 14.6 Å². The summed E-state index contributed by atoms with van der Waals surface area (Å²) >= 11 is 0. The standard InChI is InChI=1S/C20H27N3O2/c1-15-5-6-16-13-19(21-18(16)12-15)20(24)23-7-3-2-4-17(23)14-22-8-10-25-11-9-22/h5-6,12-13,17,21H,2-4,7-11,14H2,1H3. The van der Waals surface area contributed by atoms with Crippen molar-refractivity contribution in [2.24, 2.45) is 0 Å². The molecule has 0 saturated carbocycles. The fourth-order valence-electron chi connectivity index (χ4n) is 4.05. The summed E-state index contributed by atoms with van der Waals surface area (Å²) in [6.45, 7) is 7.47. The van der Waals surface area contributed by atoms with Gasteiger partial charge >= 0.3 is 0 Å². The summed E-state index contributed by atoms with van der Waals surface area (Å²) in [5, 5.41) is 1.11. The number of hydrogen-bond acceptors (Lipinski definition) is 3. The number of amides is 1. The molecule has 2 fully saturated rings. The molecule has 25 heavy (non-hydrogen) atoms. The molecule has 2 saturated heterocycles. The molecular formula is C20H27N3O2. The van der Waals surface area contributed by atoms with E-state index in [1.807, 2.05) is 6.07 Å². The molecular weight excluding hydrogens is 314 g/mol. The van der Waals surface area contributed by atoms with E-state index in [1.165, 1.54) is 12.0 Å². The van der Waals surface area contributed by atoms with Crippen molar-refractivity contribution in [2.75, 3.05) is 39.4 Å². The number of hydrogen-bond donors (Lipinski definition) is 1. The summed E-state index contributed by atoms with van der Waals surface area (Å²) in [5.41, 5.74) is 2.97. The van der Waals surface area contributed by atoms with E-state index < -0.39 is 0 Å². The van der Waals surface area contributed by atoms with Gasteiger partial charge in [0.25, 0.3) is 5.91 Å². The fourth-order valence-corrected chi connectivity index (χ4v) is 4.05. The first-order chi connectivity index (χ1) is 12.2. The molecule has 1 atom stereocenters. The van der Waals surface area contributed by atoms with Crippen molar-refractivity contribution < 1.29 is 9.53 Å². The number of benzene rings is 1. The minimum Gasteiger partial charge on any atom is -0.379 e. The maximum Gasteiger partial charge on any atom is 0.270 e. The van der Waals surface area contributed by atoms with Gasteiger partial charge in [-0.3, -0.25) is 9.69 Å². The van der Waals surface area contributed by atoms with Gasteiger partial charge in [-0.2, -0.15) is 0 Å². The van der Waals surface area contributed by atoms with Crippen molar-refractivity contribution in [1.29, 1.82) is 0 Å². The molecule has 0 spiro atoms. The molecule has 2 aliphatic heterocycles. The van der Waals surface area contributed by atoms with E-state index in [0.29, 0.717) is 6.04 Å². The van der Waals surface area contributed by atoms with Crippen LogP contribution in [0.25, 0.3) is 10.9 Å². The highest BCUT2D eigenvalue weighted by atomic mass is 16.5. The van der Waals surface area contributed by atoms with Crippen LogP contribution in [0, 0.1) is 6.92 Å². The highest BCUT2D eigenvalue weighted by Crippen LogP contribution is 2.23. The van der Waals surface area contributed by atoms with E-state index in [1.54, 1.807) is 0 Å². The van der Waals surface area contributed by atoms with Crippen LogP contribution in [0.4, 0.5) is 0 Å². The van der Waals surface area contributed by atoms with E-state index in [9.17, 15) is 4.79 Å². The quantitative estimate of drug-likeness (QED) is 0.934. The smallest absolute Gasteiger partial charge is 0.270 e. The zero-order chi connectivity index (χ0) is 17.2. The second-order valence-electron chi connectivity index (χ2n) is 7.33. The molecule has 0 radical (unpaired) electrons. The topological polar surface area (TPSA) is 48.6 Å². The van der Waals surface area contributed by atoms with Crippen LogP contribution in [0.15, 0.2) is 24.3 Å². The lowest BCUT2D eigenvalue weighted by Gasteiger charge is -2.39. The molecule has 4 rings (SSSR count). The second-order valence-corrected chi connectivity index (χ2v) is 7.33. The molecule has 0 bridgehead atoms. The van der Waals surface area contributed by atoms with Crippen LogP contribution in [-0.2, 0) is 4.74 Å². The first-order valence-corrected chi connectivity index (χ1v) is 9.41. The number of fused-ring (bicyclic) bond motifs is 1. The normalized spacial score (nSPS) is 22.4. The molecule has 3 heterocycles. The first kappa shape index (κ1) is 16.6. The third-order valence-electron chi connectivity index (χ3n) is 5.47. The Hall–Kier alpha value is -1.85. The van der Waals surface area contributed by atoms with Gasteiger partial charge in [-0.1, -0.05) is 12.1 Å². The molecule has 1 aromatic heterocycles. The SMILES string of the molecule is Cc1ccc2cc(C(=O)N3CCCCC3CN3CCOCC3)[nH]c2c1. The minimum absolute atomic E-state index is 0.145. The molecule has 2 aromatic rings. The van der Waals surface area contributed by atoms with Crippen molar-refractivity contribution in [2.45, 2.75) is 32.2 Å². The zero-order valence-electron chi connectivity index (χ0n) is 15.0. The van der Waals surface area contributed by atoms with Gasteiger partial charge in [-0.05, 0) is 43.9 Å². The summed E-state index contributed by atoms with van der Waals surface area (Å²) in [6, 6.07) is 8.59. The zero-order valence-corrected chi connectivity index (χ0v) is 15.0. The van der Waals surface area contributed by atoms with Crippen LogP contribution < -0.4 is 0 Å². The molecule has 5 nitrogen and oxygen atoms in total. The van der Waals surface area contributed by atoms with E-state index >= 15 is 0 Å². The number of morpholine rings is 1. The lowest BCUT2D eigenvalue weighted by molar-refractivity contribution is 0.0165. The summed E-state index contributed by atoms with van der Waals surface area (Å²) in [5.74, 6) is 0.145. The van der Waals surface area contributed by atoms with E-state index in [0.717, 1.165) is 68.8 Å². The highest BCUT2D eigenvalue weighted by molar-refractivity contribution is 5.98. The largest absolute Gasteiger partial charge is 0.379 e. The number of likely N-dealkylation sites (tertiary alicyclic amines) is 1. The van der Waals surface area contributed by atoms with Crippen molar-refractivity contribution in [3.05, 3.63) is 35.5 Å². The Labute approximate surface area is 148 Å². The summed E-state index contributed by atoms with van der Waals surface area (Å²) in [6.07, 6.45) is 3.41. The van der Waals surface area contributed by atoms with Gasteiger partial charge in [0.1, 0.15) is 5.69 Å². The number of aromatic amines is 1. The lowest BCUT2D eigenvalue weighted by Crippen LogP contribution is -2.51. The molecule has 5 heteroatoms. The number of piperidine rings is 1. The molecule has 1 aromatic carbocycles. The maximum atomic E-state index is 13.2. The maximum absolute atomic E-state index is 13.2. The van der Waals surface area contributed by atoms with Gasteiger partial charge in [0.2, 0.25) is 0 Å². The first-order valence-electron chi connectivity index (χ1n) is 9.41. The minimum atomic E-state index is 0.145. The van der Waals surface area contributed by atoms with E-state index in [4.69, 9.17) is 4.74 Å². The average Bonchev–Trinajstić information content (AvgIpc) is 3.05. The van der Waals surface area contributed by atoms with Crippen molar-refractivity contribution in [1.82, 2.24) is 14.8 Å². The molecule has 2 aliphatic rings.